The van der Waals surface area contributed by atoms with E-state index in [2.05, 4.69) is 92.8 Å². The molecule has 12 aromatic carbocycles. The number of rotatable bonds is 21. The number of carbonyl (C=O) groups is 8. The van der Waals surface area contributed by atoms with E-state index in [1.807, 2.05) is 256 Å². The Hall–Kier alpha value is -18.5. The van der Waals surface area contributed by atoms with Crippen LogP contribution >= 0.6 is 11.3 Å². The van der Waals surface area contributed by atoms with E-state index in [4.69, 9.17) is 0 Å². The van der Waals surface area contributed by atoms with Crippen LogP contribution in [0.1, 0.15) is 83.1 Å². The van der Waals surface area contributed by atoms with E-state index in [9.17, 15) is 38.4 Å². The van der Waals surface area contributed by atoms with E-state index in [1.54, 1.807) is 127 Å². The number of para-hydroxylation sites is 5. The Morgan fingerprint density at radius 1 is 0.285 bits per heavy atom. The van der Waals surface area contributed by atoms with E-state index >= 15 is 0 Å². The van der Waals surface area contributed by atoms with Gasteiger partial charge in [-0.25, -0.2) is 9.97 Å². The molecule has 19 aromatic rings. The molecule has 0 aliphatic carbocycles. The van der Waals surface area contributed by atoms with E-state index in [0.29, 0.717) is 61.1 Å². The fourth-order valence-corrected chi connectivity index (χ4v) is 13.9. The third-order valence-electron chi connectivity index (χ3n) is 19.3. The van der Waals surface area contributed by atoms with Crippen molar-refractivity contribution in [3.8, 4) is 22.9 Å². The van der Waals surface area contributed by atoms with Crippen LogP contribution in [0.2, 0.25) is 0 Å². The lowest BCUT2D eigenvalue weighted by Crippen LogP contribution is -2.17. The second kappa shape index (κ2) is 40.7. The molecule has 8 amide bonds. The fraction of sp³-hybridized carbons (Fsp3) is 0.0101. The van der Waals surface area contributed by atoms with Crippen LogP contribution in [-0.2, 0) is 4.79 Å². The molecule has 0 saturated heterocycles. The van der Waals surface area contributed by atoms with E-state index in [0.717, 1.165) is 37.5 Å². The van der Waals surface area contributed by atoms with Crippen LogP contribution < -0.4 is 42.5 Å². The zero-order valence-electron chi connectivity index (χ0n) is 68.8. The molecule has 130 heavy (non-hydrogen) atoms. The summed E-state index contributed by atoms with van der Waals surface area (Å²) in [7, 11) is 0. The van der Waals surface area contributed by atoms with Crippen molar-refractivity contribution in [2.24, 2.45) is 0 Å². The molecule has 19 rings (SSSR count). The summed E-state index contributed by atoms with van der Waals surface area (Å²) in [6.45, 7) is 1.86. The minimum absolute atomic E-state index is 0.0437. The van der Waals surface area contributed by atoms with Crippen LogP contribution in [0.5, 0.6) is 0 Å². The Balaban J connectivity index is 0.000000127. The van der Waals surface area contributed by atoms with E-state index < -0.39 is 5.91 Å². The van der Waals surface area contributed by atoms with Gasteiger partial charge in [-0.1, -0.05) is 237 Å². The van der Waals surface area contributed by atoms with Crippen LogP contribution in [0, 0.1) is 6.92 Å². The second-order valence-corrected chi connectivity index (χ2v) is 29.4. The molecule has 0 bridgehead atoms. The van der Waals surface area contributed by atoms with Crippen molar-refractivity contribution in [2.75, 3.05) is 42.5 Å². The molecule has 8 N–H and O–H groups in total. The summed E-state index contributed by atoms with van der Waals surface area (Å²) in [6, 6.07) is 112. The summed E-state index contributed by atoms with van der Waals surface area (Å²) in [5, 5.41) is 42.3. The highest BCUT2D eigenvalue weighted by atomic mass is 32.1. The van der Waals surface area contributed by atoms with Crippen LogP contribution in [0.4, 0.5) is 47.6 Å². The molecule has 0 fully saturated rings. The third kappa shape index (κ3) is 21.6. The van der Waals surface area contributed by atoms with Crippen molar-refractivity contribution in [1.82, 2.24) is 69.0 Å². The predicted octanol–water partition coefficient (Wildman–Crippen LogP) is 18.1. The van der Waals surface area contributed by atoms with Gasteiger partial charge in [0, 0.05) is 49.4 Å². The number of hydrogen-bond acceptors (Lipinski definition) is 19. The molecular weight excluding hydrogens is 1660 g/mol. The number of thiophene rings is 1. The van der Waals surface area contributed by atoms with Crippen LogP contribution in [0.15, 0.2) is 376 Å². The van der Waals surface area contributed by atoms with Crippen LogP contribution in [0.25, 0.3) is 60.8 Å². The Kier molecular flexibility index (Phi) is 26.6. The third-order valence-corrected chi connectivity index (χ3v) is 20.4. The van der Waals surface area contributed by atoms with Crippen molar-refractivity contribution in [1.29, 1.82) is 0 Å². The first kappa shape index (κ1) is 85.1. The highest BCUT2D eigenvalue weighted by Gasteiger charge is 2.25. The lowest BCUT2D eigenvalue weighted by atomic mass is 10.1. The average Bonchev–Trinajstić information content (AvgIpc) is 1.60. The molecule has 31 heteroatoms. The molecular formula is C99H74N22O8S. The minimum Gasteiger partial charge on any atom is -0.291 e. The normalized spacial score (nSPS) is 10.7. The monoisotopic (exact) mass is 1730 g/mol. The van der Waals surface area contributed by atoms with E-state index in [-0.39, 0.29) is 94.6 Å². The number of benzene rings is 12. The maximum atomic E-state index is 13.0. The number of amides is 8. The standard InChI is InChI=1S/2C25H18N6O2.C25H21N5O2.C24H17N5O2S/c32-22(18-10-3-1-4-11-18)27-24-29-25(31(30-24)19-12-5-2-6-13-19)28-23(33)21-16-15-17-9-7-8-14-20(17)26-21;32-22(18-10-3-1-4-11-18)27-24-29-25(28-23(33)19-12-5-2-6-13-19)31(30-24)21-16-15-17-9-7-8-14-20(17)26-21;1-18-10-8-9-15-21(18)23(32)27-24-28-25(30(29-24)20-13-6-3-7-14-20)26-22(31)17-16-19-11-4-2-5-12-19;30-21(16-9-3-1-4-10-16)25-23-27-24(29(28-23)18-12-5-2-6-13-18)26-22(31)20-15-17-11-7-8-14-19(17)32-20/h2*1-16H,(H2,27,28,29,30,32,33);2-17H,1H3,(H2,26,27,28,29,31,32);1-15H,(H2,25,26,27,28,30,31)/b;;17-16+;. The van der Waals surface area contributed by atoms with Gasteiger partial charge >= 0.3 is 0 Å². The maximum Gasteiger partial charge on any atom is 0.276 e. The van der Waals surface area contributed by atoms with Gasteiger partial charge in [0.15, 0.2) is 5.82 Å². The molecule has 0 spiro atoms. The van der Waals surface area contributed by atoms with Gasteiger partial charge in [-0.3, -0.25) is 80.9 Å². The Morgan fingerprint density at radius 3 is 1.09 bits per heavy atom. The molecule has 0 unspecified atom stereocenters. The molecule has 0 saturated carbocycles. The number of aromatic nitrogens is 14. The van der Waals surface area contributed by atoms with Gasteiger partial charge in [-0.05, 0) is 163 Å². The lowest BCUT2D eigenvalue weighted by Gasteiger charge is -2.07. The quantitative estimate of drug-likeness (QED) is 0.0310. The van der Waals surface area contributed by atoms with Gasteiger partial charge < -0.3 is 0 Å². The number of hydrogen-bond donors (Lipinski definition) is 8. The number of nitrogens with zero attached hydrogens (tertiary/aromatic N) is 14. The number of carbonyl (C=O) groups excluding carboxylic acids is 8. The molecule has 0 aliphatic heterocycles. The van der Waals surface area contributed by atoms with Crippen LogP contribution in [-0.4, -0.2) is 116 Å². The largest absolute Gasteiger partial charge is 0.291 e. The summed E-state index contributed by atoms with van der Waals surface area (Å²) >= 11 is 1.40. The van der Waals surface area contributed by atoms with E-state index in [1.165, 1.54) is 36.1 Å². The van der Waals surface area contributed by atoms with Gasteiger partial charge in [0.05, 0.1) is 33.0 Å². The van der Waals surface area contributed by atoms with Gasteiger partial charge in [0.2, 0.25) is 23.8 Å². The number of aryl methyl sites for hydroxylation is 1. The maximum absolute atomic E-state index is 13.0. The summed E-state index contributed by atoms with van der Waals surface area (Å²) in [5.74, 6) is -1.40. The lowest BCUT2D eigenvalue weighted by molar-refractivity contribution is -0.111. The van der Waals surface area contributed by atoms with Crippen molar-refractivity contribution >= 4 is 144 Å². The van der Waals surface area contributed by atoms with Crippen LogP contribution in [0.3, 0.4) is 0 Å². The van der Waals surface area contributed by atoms with Crippen molar-refractivity contribution in [2.45, 2.75) is 6.92 Å². The molecule has 7 aromatic heterocycles. The second-order valence-electron chi connectivity index (χ2n) is 28.3. The number of fused-ring (bicyclic) bond motifs is 3. The fourth-order valence-electron chi connectivity index (χ4n) is 12.9. The summed E-state index contributed by atoms with van der Waals surface area (Å²) in [6.07, 6.45) is 3.13. The molecule has 7 heterocycles. The number of anilines is 8. The minimum atomic E-state index is -0.439. The van der Waals surface area contributed by atoms with Crippen molar-refractivity contribution in [3.05, 3.63) is 426 Å². The topological polar surface area (TPSA) is 381 Å². The predicted molar refractivity (Wildman–Crippen MR) is 501 cm³/mol. The Morgan fingerprint density at radius 2 is 0.631 bits per heavy atom. The van der Waals surface area contributed by atoms with Crippen molar-refractivity contribution in [3.63, 3.8) is 0 Å². The average molecular weight is 1730 g/mol. The first-order valence-corrected chi connectivity index (χ1v) is 41.2. The van der Waals surface area contributed by atoms with Gasteiger partial charge in [-0.2, -0.15) is 38.7 Å². The molecule has 30 nitrogen and oxygen atoms in total. The zero-order chi connectivity index (χ0) is 89.5. The van der Waals surface area contributed by atoms with Gasteiger partial charge in [0.25, 0.3) is 71.1 Å². The molecule has 0 atom stereocenters. The smallest absolute Gasteiger partial charge is 0.276 e. The molecule has 634 valence electrons. The Bertz CT molecular complexity index is 7280. The summed E-state index contributed by atoms with van der Waals surface area (Å²) in [5.41, 5.74) is 7.94. The summed E-state index contributed by atoms with van der Waals surface area (Å²) < 4.78 is 6.85. The van der Waals surface area contributed by atoms with Crippen molar-refractivity contribution < 1.29 is 38.4 Å². The number of pyridine rings is 2. The highest BCUT2D eigenvalue weighted by molar-refractivity contribution is 7.20. The molecule has 0 aliphatic rings. The first-order chi connectivity index (χ1) is 63.6. The van der Waals surface area contributed by atoms with Gasteiger partial charge in [0.1, 0.15) is 5.69 Å². The number of nitrogens with one attached hydrogen (secondary N) is 8. The van der Waals surface area contributed by atoms with Gasteiger partial charge in [-0.15, -0.1) is 31.7 Å². The SMILES string of the molecule is Cc1ccccc1C(=O)Nc1nc(NC(=O)/C=C/c2ccccc2)n(-c2ccccc2)n1.O=C(Nc1nc(NC(=O)c2cc3ccccc3s2)n(-c2ccccc2)n1)c1ccccc1.O=C(Nc1nc(NC(=O)c2ccc3ccccc3n2)n(-c2ccccc2)n1)c1ccccc1.O=C(Nc1nc(NC(=O)c2ccccc2)n(-c2ccc3ccccc3n2)n1)c1ccccc1. The zero-order valence-corrected chi connectivity index (χ0v) is 69.6. The summed E-state index contributed by atoms with van der Waals surface area (Å²) in [4.78, 5) is 128. The highest BCUT2D eigenvalue weighted by Crippen LogP contribution is 2.29. The first-order valence-electron chi connectivity index (χ1n) is 40.4. The Labute approximate surface area is 745 Å². The molecule has 0 radical (unpaired) electrons.